The van der Waals surface area contributed by atoms with E-state index in [0.29, 0.717) is 16.9 Å². The van der Waals surface area contributed by atoms with E-state index in [-0.39, 0.29) is 17.1 Å². The number of nitrogens with one attached hydrogen (secondary N) is 1. The van der Waals surface area contributed by atoms with Crippen molar-refractivity contribution in [2.45, 2.75) is 0 Å². The first-order valence-electron chi connectivity index (χ1n) is 6.79. The van der Waals surface area contributed by atoms with Crippen molar-refractivity contribution in [3.8, 4) is 11.1 Å². The van der Waals surface area contributed by atoms with Crippen LogP contribution in [0.5, 0.6) is 0 Å². The molecule has 3 aromatic rings. The number of nitrogens with zero attached hydrogens (tertiary/aromatic N) is 3. The van der Waals surface area contributed by atoms with Gasteiger partial charge in [0.1, 0.15) is 5.82 Å². The second kappa shape index (κ2) is 5.88. The number of carboxylic acid groups (broad SMARTS) is 1. The largest absolute Gasteiger partial charge is 0.478 e. The van der Waals surface area contributed by atoms with Gasteiger partial charge in [0.05, 0.1) is 17.4 Å². The molecule has 0 spiro atoms. The van der Waals surface area contributed by atoms with Crippen LogP contribution < -0.4 is 5.32 Å². The van der Waals surface area contributed by atoms with Gasteiger partial charge >= 0.3 is 5.97 Å². The summed E-state index contributed by atoms with van der Waals surface area (Å²) in [4.78, 5) is 15.2. The highest BCUT2D eigenvalue weighted by molar-refractivity contribution is 5.95. The van der Waals surface area contributed by atoms with Crippen LogP contribution in [0.2, 0.25) is 0 Å². The topological polar surface area (TPSA) is 80.0 Å². The summed E-state index contributed by atoms with van der Waals surface area (Å²) in [6, 6.07) is 7.71. The van der Waals surface area contributed by atoms with Crippen molar-refractivity contribution in [2.75, 3.05) is 5.32 Å². The summed E-state index contributed by atoms with van der Waals surface area (Å²) in [6.07, 6.45) is 4.45. The number of anilines is 2. The maximum atomic E-state index is 14.0. The molecule has 0 amide bonds. The minimum Gasteiger partial charge on any atom is -0.478 e. The molecule has 0 radical (unpaired) electrons. The number of halogens is 1. The number of aromatic carboxylic acids is 1. The van der Waals surface area contributed by atoms with Crippen LogP contribution in [0.4, 0.5) is 15.9 Å². The van der Waals surface area contributed by atoms with Gasteiger partial charge < -0.3 is 10.4 Å². The summed E-state index contributed by atoms with van der Waals surface area (Å²) in [5.41, 5.74) is 1.26. The Bertz CT molecular complexity index is 876. The summed E-state index contributed by atoms with van der Waals surface area (Å²) >= 11 is 0. The van der Waals surface area contributed by atoms with E-state index in [1.54, 1.807) is 31.4 Å². The second-order valence-corrected chi connectivity index (χ2v) is 4.90. The van der Waals surface area contributed by atoms with Crippen molar-refractivity contribution in [3.05, 3.63) is 60.3 Å². The third kappa shape index (κ3) is 2.89. The second-order valence-electron chi connectivity index (χ2n) is 4.90. The van der Waals surface area contributed by atoms with Crippen LogP contribution in [-0.4, -0.2) is 25.8 Å². The lowest BCUT2D eigenvalue weighted by Gasteiger charge is -2.09. The summed E-state index contributed by atoms with van der Waals surface area (Å²) in [5.74, 6) is -1.11. The number of carbonyl (C=O) groups is 1. The Morgan fingerprint density at radius 1 is 1.26 bits per heavy atom. The lowest BCUT2D eigenvalue weighted by Crippen LogP contribution is -2.04. The maximum Gasteiger partial charge on any atom is 0.337 e. The van der Waals surface area contributed by atoms with Crippen LogP contribution >= 0.6 is 0 Å². The SMILES string of the molecule is Cn1cc(-c2ccccc2F)c(Nc2cnccc2C(=O)O)n1. The summed E-state index contributed by atoms with van der Waals surface area (Å²) in [7, 11) is 1.71. The van der Waals surface area contributed by atoms with Crippen LogP contribution in [0.3, 0.4) is 0 Å². The molecule has 0 atom stereocenters. The van der Waals surface area contributed by atoms with Gasteiger partial charge in [-0.1, -0.05) is 18.2 Å². The highest BCUT2D eigenvalue weighted by Gasteiger charge is 2.16. The summed E-state index contributed by atoms with van der Waals surface area (Å²) in [6.45, 7) is 0. The molecule has 0 saturated carbocycles. The molecule has 6 nitrogen and oxygen atoms in total. The predicted octanol–water partition coefficient (Wildman–Crippen LogP) is 3.06. The number of rotatable bonds is 4. The fourth-order valence-electron chi connectivity index (χ4n) is 2.27. The minimum absolute atomic E-state index is 0.0603. The quantitative estimate of drug-likeness (QED) is 0.774. The number of hydrogen-bond donors (Lipinski definition) is 2. The fraction of sp³-hybridized carbons (Fsp3) is 0.0625. The highest BCUT2D eigenvalue weighted by Crippen LogP contribution is 2.31. The molecule has 3 rings (SSSR count). The summed E-state index contributed by atoms with van der Waals surface area (Å²) in [5, 5.41) is 16.4. The molecule has 0 saturated heterocycles. The van der Waals surface area contributed by atoms with E-state index >= 15 is 0 Å². The first-order valence-corrected chi connectivity index (χ1v) is 6.79. The van der Waals surface area contributed by atoms with Gasteiger partial charge in [-0.25, -0.2) is 9.18 Å². The Morgan fingerprint density at radius 3 is 2.78 bits per heavy atom. The predicted molar refractivity (Wildman–Crippen MR) is 83.1 cm³/mol. The molecule has 1 aromatic carbocycles. The van der Waals surface area contributed by atoms with Crippen molar-refractivity contribution in [2.24, 2.45) is 7.05 Å². The Morgan fingerprint density at radius 2 is 2.04 bits per heavy atom. The number of pyridine rings is 1. The monoisotopic (exact) mass is 312 g/mol. The molecular weight excluding hydrogens is 299 g/mol. The van der Waals surface area contributed by atoms with Gasteiger partial charge in [-0.2, -0.15) is 5.10 Å². The molecule has 0 unspecified atom stereocenters. The number of benzene rings is 1. The van der Waals surface area contributed by atoms with Crippen molar-refractivity contribution in [3.63, 3.8) is 0 Å². The van der Waals surface area contributed by atoms with E-state index in [1.807, 2.05) is 0 Å². The Labute approximate surface area is 131 Å². The van der Waals surface area contributed by atoms with E-state index in [4.69, 9.17) is 0 Å². The number of carboxylic acids is 1. The van der Waals surface area contributed by atoms with Crippen LogP contribution in [-0.2, 0) is 7.05 Å². The normalized spacial score (nSPS) is 10.5. The molecule has 0 fully saturated rings. The average molecular weight is 312 g/mol. The third-order valence-corrected chi connectivity index (χ3v) is 3.30. The van der Waals surface area contributed by atoms with Crippen molar-refractivity contribution in [1.82, 2.24) is 14.8 Å². The van der Waals surface area contributed by atoms with E-state index in [9.17, 15) is 14.3 Å². The first-order chi connectivity index (χ1) is 11.1. The smallest absolute Gasteiger partial charge is 0.337 e. The lowest BCUT2D eigenvalue weighted by atomic mass is 10.1. The summed E-state index contributed by atoms with van der Waals surface area (Å²) < 4.78 is 15.6. The lowest BCUT2D eigenvalue weighted by molar-refractivity contribution is 0.0698. The van der Waals surface area contributed by atoms with Crippen molar-refractivity contribution >= 4 is 17.5 Å². The van der Waals surface area contributed by atoms with Gasteiger partial charge in [0, 0.05) is 30.6 Å². The zero-order valence-electron chi connectivity index (χ0n) is 12.2. The molecule has 2 heterocycles. The van der Waals surface area contributed by atoms with Crippen LogP contribution in [0.1, 0.15) is 10.4 Å². The maximum absolute atomic E-state index is 14.0. The molecule has 23 heavy (non-hydrogen) atoms. The van der Waals surface area contributed by atoms with Gasteiger partial charge in [0.25, 0.3) is 0 Å². The molecule has 2 N–H and O–H groups in total. The zero-order chi connectivity index (χ0) is 16.4. The number of hydrogen-bond acceptors (Lipinski definition) is 4. The Kier molecular flexibility index (Phi) is 3.76. The molecule has 7 heteroatoms. The molecular formula is C16H13FN4O2. The Balaban J connectivity index is 2.06. The van der Waals surface area contributed by atoms with Gasteiger partial charge in [-0.15, -0.1) is 0 Å². The van der Waals surface area contributed by atoms with Crippen LogP contribution in [0.25, 0.3) is 11.1 Å². The number of aromatic nitrogens is 3. The first kappa shape index (κ1) is 14.7. The fourth-order valence-corrected chi connectivity index (χ4v) is 2.27. The minimum atomic E-state index is -1.08. The molecule has 0 aliphatic heterocycles. The van der Waals surface area contributed by atoms with Gasteiger partial charge in [-0.05, 0) is 12.1 Å². The molecule has 0 aliphatic rings. The van der Waals surface area contributed by atoms with Gasteiger partial charge in [-0.3, -0.25) is 9.67 Å². The van der Waals surface area contributed by atoms with Crippen LogP contribution in [0, 0.1) is 5.82 Å². The van der Waals surface area contributed by atoms with E-state index in [1.165, 1.54) is 29.2 Å². The van der Waals surface area contributed by atoms with Gasteiger partial charge in [0.15, 0.2) is 5.82 Å². The molecule has 0 bridgehead atoms. The molecule has 2 aromatic heterocycles. The highest BCUT2D eigenvalue weighted by atomic mass is 19.1. The average Bonchev–Trinajstić information content (AvgIpc) is 2.88. The third-order valence-electron chi connectivity index (χ3n) is 3.30. The zero-order valence-corrected chi connectivity index (χ0v) is 12.2. The van der Waals surface area contributed by atoms with E-state index < -0.39 is 5.97 Å². The van der Waals surface area contributed by atoms with Crippen LogP contribution in [0.15, 0.2) is 48.9 Å². The van der Waals surface area contributed by atoms with E-state index in [0.717, 1.165) is 0 Å². The standard InChI is InChI=1S/C16H13FN4O2/c1-21-9-12(10-4-2-3-5-13(10)17)15(20-21)19-14-8-18-7-6-11(14)16(22)23/h2-9H,1H3,(H,19,20)(H,22,23). The Hall–Kier alpha value is -3.22. The van der Waals surface area contributed by atoms with E-state index in [2.05, 4.69) is 15.4 Å². The number of aryl methyl sites for hydroxylation is 1. The molecule has 0 aliphatic carbocycles. The van der Waals surface area contributed by atoms with Crippen molar-refractivity contribution < 1.29 is 14.3 Å². The van der Waals surface area contributed by atoms with Gasteiger partial charge in [0.2, 0.25) is 0 Å². The molecule has 116 valence electrons. The van der Waals surface area contributed by atoms with Crippen molar-refractivity contribution in [1.29, 1.82) is 0 Å².